The summed E-state index contributed by atoms with van der Waals surface area (Å²) < 4.78 is 9.93. The van der Waals surface area contributed by atoms with E-state index in [2.05, 4.69) is 22.5 Å². The molecule has 2 amide bonds. The van der Waals surface area contributed by atoms with Crippen molar-refractivity contribution in [3.63, 3.8) is 0 Å². The largest absolute Gasteiger partial charge is 0.484 e. The number of nitrogens with one attached hydrogen (secondary N) is 2. The molecular formula is C19H20N2O5. The van der Waals surface area contributed by atoms with Gasteiger partial charge in [-0.1, -0.05) is 19.1 Å². The first-order chi connectivity index (χ1) is 12.5. The molecule has 0 heterocycles. The summed E-state index contributed by atoms with van der Waals surface area (Å²) in [7, 11) is 1.28. The summed E-state index contributed by atoms with van der Waals surface area (Å²) in [5.41, 5.74) is 6.34. The number of aryl methyl sites for hydroxylation is 1. The molecule has 0 fully saturated rings. The molecule has 2 N–H and O–H groups in total. The van der Waals surface area contributed by atoms with Crippen LogP contribution >= 0.6 is 0 Å². The lowest BCUT2D eigenvalue weighted by atomic mass is 10.1. The lowest BCUT2D eigenvalue weighted by Gasteiger charge is -2.09. The fourth-order valence-corrected chi connectivity index (χ4v) is 2.08. The van der Waals surface area contributed by atoms with Crippen LogP contribution in [-0.4, -0.2) is 31.5 Å². The van der Waals surface area contributed by atoms with Crippen molar-refractivity contribution in [2.24, 2.45) is 0 Å². The van der Waals surface area contributed by atoms with Crippen molar-refractivity contribution in [1.82, 2.24) is 10.9 Å². The molecule has 0 spiro atoms. The maximum atomic E-state index is 12.0. The van der Waals surface area contributed by atoms with Crippen molar-refractivity contribution in [3.8, 4) is 5.75 Å². The van der Waals surface area contributed by atoms with Crippen molar-refractivity contribution >= 4 is 17.8 Å². The van der Waals surface area contributed by atoms with Crippen LogP contribution in [0.2, 0.25) is 0 Å². The van der Waals surface area contributed by atoms with Crippen LogP contribution in [0.5, 0.6) is 5.75 Å². The highest BCUT2D eigenvalue weighted by Gasteiger charge is 2.10. The molecule has 2 aromatic carbocycles. The summed E-state index contributed by atoms with van der Waals surface area (Å²) in [5, 5.41) is 0. The highest BCUT2D eigenvalue weighted by molar-refractivity contribution is 5.97. The van der Waals surface area contributed by atoms with E-state index in [4.69, 9.17) is 4.74 Å². The Labute approximate surface area is 151 Å². The summed E-state index contributed by atoms with van der Waals surface area (Å²) in [6, 6.07) is 13.3. The van der Waals surface area contributed by atoms with Gasteiger partial charge < -0.3 is 9.47 Å². The monoisotopic (exact) mass is 356 g/mol. The average molecular weight is 356 g/mol. The number of hydrogen-bond donors (Lipinski definition) is 2. The standard InChI is InChI=1S/C19H20N2O5/c1-3-13-4-10-16(11-5-13)26-12-17(22)20-21-18(23)14-6-8-15(9-7-14)19(24)25-2/h4-11H,3,12H2,1-2H3,(H,20,22)(H,21,23). The first-order valence-electron chi connectivity index (χ1n) is 8.02. The number of amides is 2. The van der Waals surface area contributed by atoms with E-state index in [1.54, 1.807) is 12.1 Å². The zero-order valence-corrected chi connectivity index (χ0v) is 14.6. The molecule has 2 rings (SSSR count). The van der Waals surface area contributed by atoms with Gasteiger partial charge in [-0.2, -0.15) is 0 Å². The summed E-state index contributed by atoms with van der Waals surface area (Å²) in [4.78, 5) is 35.0. The van der Waals surface area contributed by atoms with Gasteiger partial charge in [0.1, 0.15) is 5.75 Å². The van der Waals surface area contributed by atoms with E-state index in [0.717, 1.165) is 6.42 Å². The molecule has 0 saturated carbocycles. The summed E-state index contributed by atoms with van der Waals surface area (Å²) in [6.07, 6.45) is 0.924. The summed E-state index contributed by atoms with van der Waals surface area (Å²) in [5.74, 6) is -0.928. The molecule has 0 aliphatic carbocycles. The third kappa shape index (κ3) is 5.34. The quantitative estimate of drug-likeness (QED) is 0.609. The summed E-state index contributed by atoms with van der Waals surface area (Å²) in [6.45, 7) is 1.82. The van der Waals surface area contributed by atoms with Gasteiger partial charge in [0.2, 0.25) is 0 Å². The zero-order valence-electron chi connectivity index (χ0n) is 14.6. The number of hydrazine groups is 1. The van der Waals surface area contributed by atoms with Gasteiger partial charge in [-0.05, 0) is 48.4 Å². The second-order valence-corrected chi connectivity index (χ2v) is 5.36. The van der Waals surface area contributed by atoms with E-state index in [0.29, 0.717) is 11.3 Å². The Balaban J connectivity index is 1.78. The van der Waals surface area contributed by atoms with E-state index in [1.807, 2.05) is 12.1 Å². The van der Waals surface area contributed by atoms with Crippen LogP contribution in [0.3, 0.4) is 0 Å². The molecule has 0 bridgehead atoms. The van der Waals surface area contributed by atoms with Gasteiger partial charge in [0.15, 0.2) is 6.61 Å². The maximum absolute atomic E-state index is 12.0. The highest BCUT2D eigenvalue weighted by Crippen LogP contribution is 2.12. The molecule has 0 unspecified atom stereocenters. The van der Waals surface area contributed by atoms with Gasteiger partial charge >= 0.3 is 5.97 Å². The molecule has 136 valence electrons. The van der Waals surface area contributed by atoms with Gasteiger partial charge in [-0.25, -0.2) is 4.79 Å². The van der Waals surface area contributed by atoms with Crippen LogP contribution in [0.1, 0.15) is 33.2 Å². The highest BCUT2D eigenvalue weighted by atomic mass is 16.5. The molecule has 0 atom stereocenters. The number of hydrogen-bond acceptors (Lipinski definition) is 5. The van der Waals surface area contributed by atoms with E-state index >= 15 is 0 Å². The first-order valence-corrected chi connectivity index (χ1v) is 8.02. The number of benzene rings is 2. The molecule has 0 radical (unpaired) electrons. The maximum Gasteiger partial charge on any atom is 0.337 e. The Hall–Kier alpha value is -3.35. The minimum atomic E-state index is -0.512. The topological polar surface area (TPSA) is 93.7 Å². The zero-order chi connectivity index (χ0) is 18.9. The molecule has 0 saturated heterocycles. The smallest absolute Gasteiger partial charge is 0.337 e. The molecule has 7 nitrogen and oxygen atoms in total. The van der Waals surface area contributed by atoms with Gasteiger partial charge in [-0.3, -0.25) is 20.4 Å². The number of ether oxygens (including phenoxy) is 2. The van der Waals surface area contributed by atoms with Gasteiger partial charge in [0, 0.05) is 5.56 Å². The molecule has 0 aliphatic heterocycles. The Morgan fingerprint density at radius 1 is 0.885 bits per heavy atom. The van der Waals surface area contributed by atoms with Gasteiger partial charge in [0.05, 0.1) is 12.7 Å². The molecule has 0 aliphatic rings. The predicted molar refractivity (Wildman–Crippen MR) is 94.7 cm³/mol. The third-order valence-electron chi connectivity index (χ3n) is 3.59. The van der Waals surface area contributed by atoms with Crippen molar-refractivity contribution in [2.45, 2.75) is 13.3 Å². The lowest BCUT2D eigenvalue weighted by Crippen LogP contribution is -2.43. The van der Waals surface area contributed by atoms with E-state index in [9.17, 15) is 14.4 Å². The van der Waals surface area contributed by atoms with Crippen LogP contribution in [0.4, 0.5) is 0 Å². The number of methoxy groups -OCH3 is 1. The van der Waals surface area contributed by atoms with Crippen molar-refractivity contribution in [1.29, 1.82) is 0 Å². The number of esters is 1. The van der Waals surface area contributed by atoms with E-state index in [1.165, 1.54) is 36.9 Å². The predicted octanol–water partition coefficient (Wildman–Crippen LogP) is 1.88. The second kappa shape index (κ2) is 9.22. The Bertz CT molecular complexity index is 770. The van der Waals surface area contributed by atoms with Gasteiger partial charge in [0.25, 0.3) is 11.8 Å². The Morgan fingerprint density at radius 2 is 1.50 bits per heavy atom. The lowest BCUT2D eigenvalue weighted by molar-refractivity contribution is -0.123. The number of carbonyl (C=O) groups excluding carboxylic acids is 3. The molecule has 0 aromatic heterocycles. The van der Waals surface area contributed by atoms with Crippen LogP contribution in [0, 0.1) is 0 Å². The normalized spacial score (nSPS) is 9.92. The van der Waals surface area contributed by atoms with E-state index < -0.39 is 17.8 Å². The van der Waals surface area contributed by atoms with Crippen LogP contribution in [0.15, 0.2) is 48.5 Å². The molecule has 2 aromatic rings. The molecular weight excluding hydrogens is 336 g/mol. The van der Waals surface area contributed by atoms with Crippen molar-refractivity contribution in [3.05, 3.63) is 65.2 Å². The second-order valence-electron chi connectivity index (χ2n) is 5.36. The van der Waals surface area contributed by atoms with Crippen LogP contribution in [0.25, 0.3) is 0 Å². The fourth-order valence-electron chi connectivity index (χ4n) is 2.08. The molecule has 7 heteroatoms. The Kier molecular flexibility index (Phi) is 6.73. The van der Waals surface area contributed by atoms with Crippen LogP contribution < -0.4 is 15.6 Å². The van der Waals surface area contributed by atoms with Gasteiger partial charge in [-0.15, -0.1) is 0 Å². The Morgan fingerprint density at radius 3 is 2.08 bits per heavy atom. The number of carbonyl (C=O) groups is 3. The number of rotatable bonds is 6. The molecule has 26 heavy (non-hydrogen) atoms. The minimum Gasteiger partial charge on any atom is -0.484 e. The minimum absolute atomic E-state index is 0.229. The average Bonchev–Trinajstić information content (AvgIpc) is 2.70. The fraction of sp³-hybridized carbons (Fsp3) is 0.211. The van der Waals surface area contributed by atoms with Crippen LogP contribution in [-0.2, 0) is 16.0 Å². The summed E-state index contributed by atoms with van der Waals surface area (Å²) >= 11 is 0. The first kappa shape index (κ1) is 19.0. The van der Waals surface area contributed by atoms with Crippen molar-refractivity contribution in [2.75, 3.05) is 13.7 Å². The third-order valence-corrected chi connectivity index (χ3v) is 3.59. The van der Waals surface area contributed by atoms with E-state index in [-0.39, 0.29) is 12.2 Å². The van der Waals surface area contributed by atoms with Crippen molar-refractivity contribution < 1.29 is 23.9 Å². The SMILES string of the molecule is CCc1ccc(OCC(=O)NNC(=O)c2ccc(C(=O)OC)cc2)cc1.